The van der Waals surface area contributed by atoms with Crippen molar-refractivity contribution in [3.05, 3.63) is 23.8 Å². The molecule has 38 heavy (non-hydrogen) atoms. The molecule has 0 amide bonds. The third-order valence-corrected chi connectivity index (χ3v) is 9.14. The topological polar surface area (TPSA) is 63.6 Å². The lowest BCUT2D eigenvalue weighted by Gasteiger charge is -2.52. The maximum atomic E-state index is 12.9. The fourth-order valence-electron chi connectivity index (χ4n) is 7.20. The molecule has 4 unspecified atom stereocenters. The summed E-state index contributed by atoms with van der Waals surface area (Å²) < 4.78 is 38.1. The van der Waals surface area contributed by atoms with Crippen molar-refractivity contribution in [3.63, 3.8) is 0 Å². The molecule has 1 N–H and O–H groups in total. The first-order chi connectivity index (χ1) is 17.8. The number of ketones is 1. The highest BCUT2D eigenvalue weighted by molar-refractivity contribution is 8.13. The summed E-state index contributed by atoms with van der Waals surface area (Å²) in [7, 11) is 2.67. The van der Waals surface area contributed by atoms with E-state index in [-0.39, 0.29) is 53.3 Å². The SMILES string of the molecule is C.C#C.CC.CF.CF.CO[C@]12CC(C)[C@H](O)C3[C@@H](CCC4=CC(=O)C=C[C@@]43C)C1CCC2C(=O)SCF. The van der Waals surface area contributed by atoms with Crippen LogP contribution in [0.5, 0.6) is 0 Å². The van der Waals surface area contributed by atoms with Gasteiger partial charge in [-0.05, 0) is 62.0 Å². The van der Waals surface area contributed by atoms with Gasteiger partial charge in [0.1, 0.15) is 6.01 Å². The predicted octanol–water partition coefficient (Wildman–Crippen LogP) is 7.17. The van der Waals surface area contributed by atoms with E-state index in [0.29, 0.717) is 27.2 Å². The van der Waals surface area contributed by atoms with Crippen LogP contribution in [0.25, 0.3) is 0 Å². The van der Waals surface area contributed by atoms with Crippen LogP contribution < -0.4 is 0 Å². The molecular weight excluding hydrogens is 513 g/mol. The second-order valence-electron chi connectivity index (χ2n) is 9.56. The molecule has 0 aromatic heterocycles. The smallest absolute Gasteiger partial charge is 0.197 e. The number of alkyl halides is 3. The molecule has 8 heteroatoms. The number of terminal acetylenes is 1. The van der Waals surface area contributed by atoms with Gasteiger partial charge in [-0.2, -0.15) is 0 Å². The third-order valence-electron chi connectivity index (χ3n) is 8.46. The Bertz CT molecular complexity index is 815. The minimum absolute atomic E-state index is 0. The van der Waals surface area contributed by atoms with Crippen molar-refractivity contribution in [3.8, 4) is 12.8 Å². The van der Waals surface area contributed by atoms with Gasteiger partial charge in [0.15, 0.2) is 10.9 Å². The average molecular weight is 563 g/mol. The zero-order valence-corrected chi connectivity index (χ0v) is 24.1. The first-order valence-electron chi connectivity index (χ1n) is 12.8. The number of allylic oxidation sites excluding steroid dienone is 4. The highest BCUT2D eigenvalue weighted by atomic mass is 32.2. The molecule has 8 atom stereocenters. The van der Waals surface area contributed by atoms with Crippen molar-refractivity contribution in [2.24, 2.45) is 35.0 Å². The van der Waals surface area contributed by atoms with Crippen LogP contribution in [0.2, 0.25) is 0 Å². The fourth-order valence-corrected chi connectivity index (χ4v) is 7.83. The Morgan fingerprint density at radius 2 is 1.76 bits per heavy atom. The van der Waals surface area contributed by atoms with E-state index in [9.17, 15) is 27.9 Å². The molecular formula is C30H49F3O4S. The lowest BCUT2D eigenvalue weighted by molar-refractivity contribution is -0.134. The molecule has 0 heterocycles. The zero-order chi connectivity index (χ0) is 29.0. The Kier molecular flexibility index (Phi) is 18.2. The summed E-state index contributed by atoms with van der Waals surface area (Å²) in [6.45, 7) is 8.18. The van der Waals surface area contributed by atoms with Crippen LogP contribution in [-0.2, 0) is 14.3 Å². The number of aliphatic hydroxyl groups is 1. The minimum atomic E-state index is -0.713. The van der Waals surface area contributed by atoms with E-state index in [1.54, 1.807) is 19.3 Å². The second-order valence-corrected chi connectivity index (χ2v) is 10.5. The first-order valence-corrected chi connectivity index (χ1v) is 13.8. The largest absolute Gasteiger partial charge is 0.393 e. The normalized spacial score (nSPS) is 35.9. The van der Waals surface area contributed by atoms with Gasteiger partial charge >= 0.3 is 0 Å². The van der Waals surface area contributed by atoms with E-state index >= 15 is 0 Å². The van der Waals surface area contributed by atoms with Crippen molar-refractivity contribution in [2.45, 2.75) is 78.9 Å². The molecule has 4 aliphatic rings. The Hall–Kier alpha value is -1.56. The van der Waals surface area contributed by atoms with Crippen molar-refractivity contribution >= 4 is 22.7 Å². The molecule has 0 aromatic rings. The van der Waals surface area contributed by atoms with Gasteiger partial charge in [-0.1, -0.05) is 58.5 Å². The Balaban J connectivity index is 0. The zero-order valence-electron chi connectivity index (χ0n) is 23.3. The van der Waals surface area contributed by atoms with Crippen LogP contribution in [0, 0.1) is 47.9 Å². The molecule has 0 aromatic carbocycles. The Labute approximate surface area is 233 Å². The van der Waals surface area contributed by atoms with Gasteiger partial charge in [0.25, 0.3) is 0 Å². The molecule has 4 aliphatic carbocycles. The number of rotatable bonds is 3. The number of aliphatic hydroxyl groups excluding tert-OH is 1. The monoisotopic (exact) mass is 562 g/mol. The molecule has 3 fully saturated rings. The molecule has 0 spiro atoms. The van der Waals surface area contributed by atoms with Crippen LogP contribution >= 0.6 is 11.8 Å². The minimum Gasteiger partial charge on any atom is -0.393 e. The predicted molar refractivity (Wildman–Crippen MR) is 153 cm³/mol. The maximum Gasteiger partial charge on any atom is 0.197 e. The number of ether oxygens (including phenoxy) is 1. The van der Waals surface area contributed by atoms with Gasteiger partial charge in [-0.3, -0.25) is 18.4 Å². The molecule has 0 radical (unpaired) electrons. The van der Waals surface area contributed by atoms with Crippen molar-refractivity contribution in [1.82, 2.24) is 0 Å². The number of halogens is 3. The third kappa shape index (κ3) is 7.14. The lowest BCUT2D eigenvalue weighted by Crippen LogP contribution is -2.50. The molecule has 4 rings (SSSR count). The summed E-state index contributed by atoms with van der Waals surface area (Å²) in [5.74, 6) is -0.0447. The quantitative estimate of drug-likeness (QED) is 0.370. The van der Waals surface area contributed by atoms with Crippen molar-refractivity contribution in [2.75, 3.05) is 27.5 Å². The van der Waals surface area contributed by atoms with Crippen LogP contribution in [0.3, 0.4) is 0 Å². The van der Waals surface area contributed by atoms with Crippen molar-refractivity contribution in [1.29, 1.82) is 0 Å². The van der Waals surface area contributed by atoms with Gasteiger partial charge in [0.05, 0.1) is 32.0 Å². The molecule has 220 valence electrons. The molecule has 0 saturated heterocycles. The van der Waals surface area contributed by atoms with Gasteiger partial charge in [0.2, 0.25) is 0 Å². The van der Waals surface area contributed by atoms with E-state index in [0.717, 1.165) is 36.6 Å². The highest BCUT2D eigenvalue weighted by Crippen LogP contribution is 2.63. The van der Waals surface area contributed by atoms with E-state index < -0.39 is 17.7 Å². The number of carbonyl (C=O) groups excluding carboxylic acids is 2. The van der Waals surface area contributed by atoms with E-state index in [1.807, 2.05) is 26.8 Å². The summed E-state index contributed by atoms with van der Waals surface area (Å²) in [5, 5.41) is 11.3. The van der Waals surface area contributed by atoms with E-state index in [2.05, 4.69) is 19.8 Å². The van der Waals surface area contributed by atoms with Gasteiger partial charge < -0.3 is 9.84 Å². The molecule has 3 saturated carbocycles. The van der Waals surface area contributed by atoms with Gasteiger partial charge in [-0.25, -0.2) is 4.39 Å². The maximum absolute atomic E-state index is 12.9. The average Bonchev–Trinajstić information content (AvgIpc) is 3.27. The van der Waals surface area contributed by atoms with Crippen LogP contribution in [0.4, 0.5) is 13.2 Å². The summed E-state index contributed by atoms with van der Waals surface area (Å²) >= 11 is 0.748. The number of fused-ring (bicyclic) bond motifs is 5. The van der Waals surface area contributed by atoms with Gasteiger partial charge in [0, 0.05) is 18.4 Å². The second kappa shape index (κ2) is 17.9. The highest BCUT2D eigenvalue weighted by Gasteiger charge is 2.63. The Morgan fingerprint density at radius 1 is 1.18 bits per heavy atom. The fraction of sp³-hybridized carbons (Fsp3) is 0.733. The van der Waals surface area contributed by atoms with Crippen LogP contribution in [0.1, 0.15) is 67.2 Å². The summed E-state index contributed by atoms with van der Waals surface area (Å²) in [6.07, 6.45) is 16.7. The molecule has 0 aliphatic heterocycles. The van der Waals surface area contributed by atoms with Crippen molar-refractivity contribution < 1.29 is 32.6 Å². The summed E-state index contributed by atoms with van der Waals surface area (Å²) in [5.41, 5.74) is 0.107. The summed E-state index contributed by atoms with van der Waals surface area (Å²) in [6, 6.07) is -0.713. The summed E-state index contributed by atoms with van der Waals surface area (Å²) in [4.78, 5) is 24.8. The number of carbonyl (C=O) groups is 2. The van der Waals surface area contributed by atoms with E-state index in [1.165, 1.54) is 0 Å². The number of thioether (sulfide) groups is 1. The number of methoxy groups -OCH3 is 1. The standard InChI is InChI=1S/C23H31FO4S.C2H6.C2H2.2CH3F.CH4/c1-13-11-23(28-3)17(6-7-18(23)21(27)29-12-24)16-5-4-14-10-15(25)8-9-22(14,2)19(16)20(13)26;4*1-2;/h8-10,13,16-20,26H,4-7,11-12H2,1-3H3;1-2H3;1-2H;2*1H3;1H4/t13?,16-,17?,18?,19?,20-,22-,23+;;;;;/m0...../s1. The lowest BCUT2D eigenvalue weighted by atomic mass is 9.54. The van der Waals surface area contributed by atoms with Crippen LogP contribution in [0.15, 0.2) is 23.8 Å². The molecule has 0 bridgehead atoms. The Morgan fingerprint density at radius 3 is 2.29 bits per heavy atom. The molecule has 4 nitrogen and oxygen atoms in total. The first kappa shape index (κ1) is 38.6. The van der Waals surface area contributed by atoms with E-state index in [4.69, 9.17) is 4.74 Å². The van der Waals surface area contributed by atoms with Gasteiger partial charge in [-0.15, -0.1) is 12.8 Å². The number of hydrogen-bond donors (Lipinski definition) is 1. The van der Waals surface area contributed by atoms with Crippen LogP contribution in [-0.4, -0.2) is 55.2 Å². The number of hydrogen-bond acceptors (Lipinski definition) is 5.